The minimum absolute atomic E-state index is 0. The van der Waals surface area contributed by atoms with E-state index in [0.717, 1.165) is 32.0 Å². The molecule has 100 valence electrons. The summed E-state index contributed by atoms with van der Waals surface area (Å²) < 4.78 is 36.8. The summed E-state index contributed by atoms with van der Waals surface area (Å²) in [5, 5.41) is 8.91. The van der Waals surface area contributed by atoms with Crippen LogP contribution in [0.4, 0.5) is 13.2 Å². The molecule has 2 N–H and O–H groups in total. The number of H-pyrrole nitrogens is 1. The van der Waals surface area contributed by atoms with Crippen molar-refractivity contribution < 1.29 is 13.2 Å². The van der Waals surface area contributed by atoms with Gasteiger partial charge >= 0.3 is 6.18 Å². The zero-order chi connectivity index (χ0) is 10.9. The van der Waals surface area contributed by atoms with Gasteiger partial charge in [-0.05, 0) is 25.5 Å². The third kappa shape index (κ3) is 4.04. The molecule has 0 amide bonds. The van der Waals surface area contributed by atoms with Gasteiger partial charge in [0.05, 0.1) is 0 Å². The number of rotatable bonds is 1. The van der Waals surface area contributed by atoms with Crippen molar-refractivity contribution in [3.05, 3.63) is 17.5 Å². The fourth-order valence-electron chi connectivity index (χ4n) is 1.81. The van der Waals surface area contributed by atoms with Gasteiger partial charge in [-0.2, -0.15) is 18.3 Å². The number of hydrogen-bond donors (Lipinski definition) is 2. The van der Waals surface area contributed by atoms with Crippen LogP contribution in [-0.4, -0.2) is 23.3 Å². The van der Waals surface area contributed by atoms with Crippen molar-refractivity contribution in [1.82, 2.24) is 15.5 Å². The molecular weight excluding hydrogens is 278 g/mol. The Balaban J connectivity index is 0.00000128. The third-order valence-electron chi connectivity index (χ3n) is 2.62. The van der Waals surface area contributed by atoms with Gasteiger partial charge in [0.1, 0.15) is 0 Å². The Morgan fingerprint density at radius 2 is 2.00 bits per heavy atom. The van der Waals surface area contributed by atoms with Crippen LogP contribution in [0.1, 0.15) is 30.1 Å². The van der Waals surface area contributed by atoms with Crippen LogP contribution in [0.15, 0.2) is 6.07 Å². The fourth-order valence-corrected chi connectivity index (χ4v) is 1.81. The molecule has 1 aromatic heterocycles. The molecule has 0 saturated carbocycles. The first kappa shape index (κ1) is 16.5. The summed E-state index contributed by atoms with van der Waals surface area (Å²) in [6.45, 7) is 1.66. The number of alkyl halides is 3. The summed E-state index contributed by atoms with van der Waals surface area (Å²) in [7, 11) is 0. The first-order valence-corrected chi connectivity index (χ1v) is 4.90. The minimum atomic E-state index is -4.35. The summed E-state index contributed by atoms with van der Waals surface area (Å²) in [6.07, 6.45) is -2.45. The number of nitrogens with one attached hydrogen (secondary N) is 2. The highest BCUT2D eigenvalue weighted by atomic mass is 35.5. The molecule has 1 aliphatic heterocycles. The van der Waals surface area contributed by atoms with Crippen LogP contribution < -0.4 is 5.32 Å². The van der Waals surface area contributed by atoms with Gasteiger partial charge in [-0.3, -0.25) is 5.10 Å². The normalized spacial score (nSPS) is 20.3. The maximum atomic E-state index is 12.3. The Hall–Kier alpha value is -0.460. The number of piperidine rings is 1. The lowest BCUT2D eigenvalue weighted by atomic mass is 9.96. The summed E-state index contributed by atoms with van der Waals surface area (Å²) in [4.78, 5) is 0. The number of halogens is 5. The Bertz CT molecular complexity index is 334. The topological polar surface area (TPSA) is 40.7 Å². The van der Waals surface area contributed by atoms with Gasteiger partial charge in [-0.15, -0.1) is 24.8 Å². The average molecular weight is 292 g/mol. The van der Waals surface area contributed by atoms with Crippen LogP contribution in [-0.2, 0) is 6.18 Å². The van der Waals surface area contributed by atoms with Crippen LogP contribution in [0.5, 0.6) is 0 Å². The second-order valence-corrected chi connectivity index (χ2v) is 3.75. The summed E-state index contributed by atoms with van der Waals surface area (Å²) in [6, 6.07) is 1.11. The molecule has 1 fully saturated rings. The van der Waals surface area contributed by atoms with Gasteiger partial charge in [0.2, 0.25) is 0 Å². The van der Waals surface area contributed by atoms with E-state index in [2.05, 4.69) is 15.5 Å². The molecule has 0 bridgehead atoms. The molecule has 0 aromatic carbocycles. The van der Waals surface area contributed by atoms with Crippen molar-refractivity contribution in [2.75, 3.05) is 13.1 Å². The fraction of sp³-hybridized carbons (Fsp3) is 0.667. The molecule has 1 aromatic rings. The Labute approximate surface area is 109 Å². The number of hydrogen-bond acceptors (Lipinski definition) is 2. The molecule has 3 nitrogen and oxygen atoms in total. The second-order valence-electron chi connectivity index (χ2n) is 3.75. The van der Waals surface area contributed by atoms with Crippen LogP contribution in [0.25, 0.3) is 0 Å². The SMILES string of the molecule is Cl.Cl.FC(F)(F)c1cc(C2CCCNC2)[nH]n1. The predicted molar refractivity (Wildman–Crippen MR) is 62.9 cm³/mol. The van der Waals surface area contributed by atoms with E-state index in [1.807, 2.05) is 0 Å². The summed E-state index contributed by atoms with van der Waals surface area (Å²) in [5.74, 6) is 0.127. The highest BCUT2D eigenvalue weighted by Gasteiger charge is 2.34. The van der Waals surface area contributed by atoms with Gasteiger partial charge in [0.25, 0.3) is 0 Å². The van der Waals surface area contributed by atoms with Gasteiger partial charge in [-0.1, -0.05) is 0 Å². The van der Waals surface area contributed by atoms with Crippen LogP contribution >= 0.6 is 24.8 Å². The van der Waals surface area contributed by atoms with Crippen molar-refractivity contribution >= 4 is 24.8 Å². The maximum Gasteiger partial charge on any atom is 0.435 e. The van der Waals surface area contributed by atoms with E-state index in [0.29, 0.717) is 5.69 Å². The zero-order valence-corrected chi connectivity index (χ0v) is 10.5. The first-order chi connectivity index (χ1) is 7.07. The zero-order valence-electron chi connectivity index (χ0n) is 8.88. The smallest absolute Gasteiger partial charge is 0.316 e. The molecule has 1 unspecified atom stereocenters. The van der Waals surface area contributed by atoms with E-state index in [4.69, 9.17) is 0 Å². The monoisotopic (exact) mass is 291 g/mol. The van der Waals surface area contributed by atoms with Crippen molar-refractivity contribution in [1.29, 1.82) is 0 Å². The summed E-state index contributed by atoms with van der Waals surface area (Å²) >= 11 is 0. The van der Waals surface area contributed by atoms with Gasteiger partial charge < -0.3 is 5.32 Å². The quantitative estimate of drug-likeness (QED) is 0.835. The molecule has 2 heterocycles. The molecule has 2 rings (SSSR count). The summed E-state index contributed by atoms with van der Waals surface area (Å²) in [5.41, 5.74) is -0.252. The third-order valence-corrected chi connectivity index (χ3v) is 2.62. The Kier molecular flexibility index (Phi) is 6.29. The van der Waals surface area contributed by atoms with Gasteiger partial charge in [-0.25, -0.2) is 0 Å². The second kappa shape index (κ2) is 6.47. The predicted octanol–water partition coefficient (Wildman–Crippen LogP) is 2.74. The van der Waals surface area contributed by atoms with E-state index in [-0.39, 0.29) is 30.7 Å². The van der Waals surface area contributed by atoms with E-state index in [9.17, 15) is 13.2 Å². The van der Waals surface area contributed by atoms with Gasteiger partial charge in [0.15, 0.2) is 5.69 Å². The lowest BCUT2D eigenvalue weighted by Gasteiger charge is -2.21. The first-order valence-electron chi connectivity index (χ1n) is 4.90. The van der Waals surface area contributed by atoms with Crippen LogP contribution in [0.2, 0.25) is 0 Å². The Morgan fingerprint density at radius 1 is 1.29 bits per heavy atom. The van der Waals surface area contributed by atoms with Gasteiger partial charge in [0, 0.05) is 18.2 Å². The Morgan fingerprint density at radius 3 is 2.47 bits per heavy atom. The highest BCUT2D eigenvalue weighted by Crippen LogP contribution is 2.30. The van der Waals surface area contributed by atoms with Crippen molar-refractivity contribution in [3.63, 3.8) is 0 Å². The van der Waals surface area contributed by atoms with Crippen molar-refractivity contribution in [2.24, 2.45) is 0 Å². The number of aromatic amines is 1. The van der Waals surface area contributed by atoms with E-state index in [1.54, 1.807) is 0 Å². The molecular formula is C9H14Cl2F3N3. The highest BCUT2D eigenvalue weighted by molar-refractivity contribution is 5.85. The minimum Gasteiger partial charge on any atom is -0.316 e. The van der Waals surface area contributed by atoms with Crippen molar-refractivity contribution in [3.8, 4) is 0 Å². The lowest BCUT2D eigenvalue weighted by molar-refractivity contribution is -0.141. The number of nitrogens with zero attached hydrogens (tertiary/aromatic N) is 1. The average Bonchev–Trinajstić information content (AvgIpc) is 2.67. The van der Waals surface area contributed by atoms with E-state index < -0.39 is 11.9 Å². The molecule has 1 saturated heterocycles. The molecule has 8 heteroatoms. The largest absolute Gasteiger partial charge is 0.435 e. The standard InChI is InChI=1S/C9H12F3N3.2ClH/c10-9(11,12)8-4-7(14-15-8)6-2-1-3-13-5-6;;/h4,6,13H,1-3,5H2,(H,14,15);2*1H. The van der Waals surface area contributed by atoms with E-state index >= 15 is 0 Å². The molecule has 0 aliphatic carbocycles. The molecule has 0 radical (unpaired) electrons. The van der Waals surface area contributed by atoms with Crippen LogP contribution in [0.3, 0.4) is 0 Å². The lowest BCUT2D eigenvalue weighted by Crippen LogP contribution is -2.28. The van der Waals surface area contributed by atoms with Crippen molar-refractivity contribution in [2.45, 2.75) is 24.9 Å². The van der Waals surface area contributed by atoms with E-state index in [1.165, 1.54) is 0 Å². The molecule has 0 spiro atoms. The molecule has 1 atom stereocenters. The number of aromatic nitrogens is 2. The molecule has 17 heavy (non-hydrogen) atoms. The maximum absolute atomic E-state index is 12.3. The molecule has 1 aliphatic rings. The van der Waals surface area contributed by atoms with Crippen LogP contribution in [0, 0.1) is 0 Å².